The van der Waals surface area contributed by atoms with Gasteiger partial charge in [0.25, 0.3) is 0 Å². The van der Waals surface area contributed by atoms with Crippen LogP contribution in [0.3, 0.4) is 0 Å². The van der Waals surface area contributed by atoms with Crippen molar-refractivity contribution in [1.29, 1.82) is 0 Å². The van der Waals surface area contributed by atoms with E-state index in [4.69, 9.17) is 14.2 Å². The van der Waals surface area contributed by atoms with Crippen LogP contribution < -0.4 is 0 Å². The molecular formula is C30H46O8. The molecule has 0 aromatic rings. The Morgan fingerprint density at radius 2 is 1.68 bits per heavy atom. The third-order valence-electron chi connectivity index (χ3n) is 12.3. The molecule has 1 unspecified atom stereocenters. The number of aliphatic hydroxyl groups excluding tert-OH is 4. The lowest BCUT2D eigenvalue weighted by Gasteiger charge is -2.62. The summed E-state index contributed by atoms with van der Waals surface area (Å²) in [6.45, 7) is 7.09. The minimum Gasteiger partial charge on any atom is -0.458 e. The van der Waals surface area contributed by atoms with Gasteiger partial charge in [-0.3, -0.25) is 0 Å². The number of cyclic esters (lactones) is 1. The van der Waals surface area contributed by atoms with E-state index in [2.05, 4.69) is 20.8 Å². The second-order valence-corrected chi connectivity index (χ2v) is 14.1. The summed E-state index contributed by atoms with van der Waals surface area (Å²) < 4.78 is 17.4. The molecule has 214 valence electrons. The van der Waals surface area contributed by atoms with Crippen molar-refractivity contribution in [2.45, 2.75) is 115 Å². The molecule has 0 amide bonds. The molecule has 2 heterocycles. The van der Waals surface area contributed by atoms with E-state index < -0.39 is 42.9 Å². The number of fused-ring (bicyclic) bond motifs is 5. The van der Waals surface area contributed by atoms with Crippen LogP contribution in [-0.4, -0.2) is 75.9 Å². The summed E-state index contributed by atoms with van der Waals surface area (Å²) in [6.07, 6.45) is 5.55. The molecule has 6 aliphatic rings. The predicted molar refractivity (Wildman–Crippen MR) is 138 cm³/mol. The molecule has 2 aliphatic heterocycles. The quantitative estimate of drug-likeness (QED) is 0.321. The van der Waals surface area contributed by atoms with Gasteiger partial charge in [-0.15, -0.1) is 0 Å². The van der Waals surface area contributed by atoms with Gasteiger partial charge in [0.1, 0.15) is 31.0 Å². The van der Waals surface area contributed by atoms with E-state index >= 15 is 0 Å². The van der Waals surface area contributed by atoms with Crippen LogP contribution in [0.1, 0.15) is 78.6 Å². The standard InChI is InChI=1S/C30H46O8/c1-28(38-27-26(35)25(34)24(33)22(14-31)37-27)10-11-29(2)17(13-28)4-5-18-20-7-6-19(16-12-23(32)36-15-16)30(20,3)9-8-21(18)29/h12,17-22,24-27,31,33-35H,4-11,13-15H2,1-3H3/t17-,18+,19-,20+,21+,22-,24-,25+,26-,27?,28+,29+,30-/m1/s1. The van der Waals surface area contributed by atoms with E-state index in [0.717, 1.165) is 32.1 Å². The van der Waals surface area contributed by atoms with Crippen LogP contribution in [-0.2, 0) is 19.0 Å². The number of ether oxygens (including phenoxy) is 3. The van der Waals surface area contributed by atoms with Crippen molar-refractivity contribution < 1.29 is 39.4 Å². The summed E-state index contributed by atoms with van der Waals surface area (Å²) in [4.78, 5) is 11.8. The maximum atomic E-state index is 11.8. The van der Waals surface area contributed by atoms with Gasteiger partial charge in [-0.1, -0.05) is 13.8 Å². The van der Waals surface area contributed by atoms with Crippen LogP contribution in [0, 0.1) is 40.4 Å². The van der Waals surface area contributed by atoms with Crippen molar-refractivity contribution in [3.63, 3.8) is 0 Å². The van der Waals surface area contributed by atoms with Crippen molar-refractivity contribution >= 4 is 5.97 Å². The Morgan fingerprint density at radius 3 is 2.39 bits per heavy atom. The first-order valence-corrected chi connectivity index (χ1v) is 14.8. The van der Waals surface area contributed by atoms with E-state index in [1.165, 1.54) is 31.3 Å². The van der Waals surface area contributed by atoms with Crippen LogP contribution in [0.25, 0.3) is 0 Å². The number of carbonyl (C=O) groups is 1. The van der Waals surface area contributed by atoms with Crippen LogP contribution >= 0.6 is 0 Å². The van der Waals surface area contributed by atoms with E-state index in [9.17, 15) is 25.2 Å². The minimum absolute atomic E-state index is 0.176. The molecule has 8 nitrogen and oxygen atoms in total. The van der Waals surface area contributed by atoms with Gasteiger partial charge < -0.3 is 34.6 Å². The van der Waals surface area contributed by atoms with E-state index in [1.807, 2.05) is 0 Å². The van der Waals surface area contributed by atoms with E-state index in [-0.39, 0.29) is 16.8 Å². The Bertz CT molecular complexity index is 966. The van der Waals surface area contributed by atoms with Gasteiger partial charge in [-0.25, -0.2) is 4.79 Å². The molecule has 4 saturated carbocycles. The second-order valence-electron chi connectivity index (χ2n) is 14.1. The summed E-state index contributed by atoms with van der Waals surface area (Å²) in [6, 6.07) is 0. The highest BCUT2D eigenvalue weighted by Gasteiger charge is 2.62. The zero-order valence-electron chi connectivity index (χ0n) is 23.1. The number of hydrogen-bond donors (Lipinski definition) is 4. The van der Waals surface area contributed by atoms with Crippen molar-refractivity contribution in [2.24, 2.45) is 40.4 Å². The Morgan fingerprint density at radius 1 is 0.921 bits per heavy atom. The lowest BCUT2D eigenvalue weighted by atomic mass is 9.44. The normalized spacial score (nSPS) is 54.5. The fourth-order valence-corrected chi connectivity index (χ4v) is 10.2. The summed E-state index contributed by atoms with van der Waals surface area (Å²) in [7, 11) is 0. The molecular weight excluding hydrogens is 488 g/mol. The van der Waals surface area contributed by atoms with Gasteiger partial charge in [0.2, 0.25) is 0 Å². The topological polar surface area (TPSA) is 126 Å². The second kappa shape index (κ2) is 9.52. The molecule has 6 rings (SSSR count). The van der Waals surface area contributed by atoms with Gasteiger partial charge in [-0.2, -0.15) is 0 Å². The molecule has 5 fully saturated rings. The van der Waals surface area contributed by atoms with Gasteiger partial charge in [-0.05, 0) is 111 Å². The van der Waals surface area contributed by atoms with Crippen LogP contribution in [0.4, 0.5) is 0 Å². The molecule has 0 aromatic heterocycles. The summed E-state index contributed by atoms with van der Waals surface area (Å²) in [5.41, 5.74) is 1.21. The van der Waals surface area contributed by atoms with Crippen molar-refractivity contribution in [3.8, 4) is 0 Å². The third kappa shape index (κ3) is 4.12. The Labute approximate surface area is 225 Å². The Balaban J connectivity index is 1.15. The number of carbonyl (C=O) groups excluding carboxylic acids is 1. The highest BCUT2D eigenvalue weighted by molar-refractivity contribution is 5.85. The maximum Gasteiger partial charge on any atom is 0.331 e. The SMILES string of the molecule is C[C@]1(OC2O[C@H](CO)[C@@H](O)[C@H](O)[C@H]2O)CC[C@@]2(C)[C@H](CC[C@@H]3[C@@H]2CC[C@]2(C)[C@@H](C4=CC(=O)OC4)CC[C@@H]32)C1. The van der Waals surface area contributed by atoms with Crippen LogP contribution in [0.5, 0.6) is 0 Å². The first kappa shape index (κ1) is 27.2. The van der Waals surface area contributed by atoms with Crippen molar-refractivity contribution in [3.05, 3.63) is 11.6 Å². The minimum atomic E-state index is -1.42. The summed E-state index contributed by atoms with van der Waals surface area (Å²) in [5, 5.41) is 40.5. The van der Waals surface area contributed by atoms with Gasteiger partial charge in [0.05, 0.1) is 12.2 Å². The smallest absolute Gasteiger partial charge is 0.331 e. The molecule has 13 atom stereocenters. The van der Waals surface area contributed by atoms with Gasteiger partial charge in [0, 0.05) is 6.08 Å². The summed E-state index contributed by atoms with van der Waals surface area (Å²) in [5.74, 6) is 2.90. The highest BCUT2D eigenvalue weighted by Crippen LogP contribution is 2.69. The average Bonchev–Trinajstić information content (AvgIpc) is 3.47. The van der Waals surface area contributed by atoms with Crippen molar-refractivity contribution in [1.82, 2.24) is 0 Å². The molecule has 38 heavy (non-hydrogen) atoms. The maximum absolute atomic E-state index is 11.8. The van der Waals surface area contributed by atoms with Crippen LogP contribution in [0.15, 0.2) is 11.6 Å². The fourth-order valence-electron chi connectivity index (χ4n) is 10.2. The first-order valence-electron chi connectivity index (χ1n) is 14.8. The molecule has 0 bridgehead atoms. The highest BCUT2D eigenvalue weighted by atomic mass is 16.7. The molecule has 0 spiro atoms. The number of esters is 1. The first-order chi connectivity index (χ1) is 18.0. The average molecular weight is 535 g/mol. The zero-order chi connectivity index (χ0) is 27.0. The summed E-state index contributed by atoms with van der Waals surface area (Å²) >= 11 is 0. The number of hydrogen-bond acceptors (Lipinski definition) is 8. The Hall–Kier alpha value is -1.03. The molecule has 4 aliphatic carbocycles. The van der Waals surface area contributed by atoms with Crippen molar-refractivity contribution in [2.75, 3.05) is 13.2 Å². The van der Waals surface area contributed by atoms with Gasteiger partial charge >= 0.3 is 5.97 Å². The lowest BCUT2D eigenvalue weighted by Crippen LogP contribution is -2.61. The monoisotopic (exact) mass is 534 g/mol. The Kier molecular flexibility index (Phi) is 6.80. The fraction of sp³-hybridized carbons (Fsp3) is 0.900. The number of aliphatic hydroxyl groups is 4. The number of rotatable bonds is 4. The third-order valence-corrected chi connectivity index (χ3v) is 12.3. The van der Waals surface area contributed by atoms with E-state index in [0.29, 0.717) is 36.2 Å². The molecule has 1 saturated heterocycles. The molecule has 4 N–H and O–H groups in total. The lowest BCUT2D eigenvalue weighted by molar-refractivity contribution is -0.333. The molecule has 0 radical (unpaired) electrons. The molecule has 0 aromatic carbocycles. The van der Waals surface area contributed by atoms with Gasteiger partial charge in [0.15, 0.2) is 6.29 Å². The molecule has 8 heteroatoms. The van der Waals surface area contributed by atoms with Crippen LogP contribution in [0.2, 0.25) is 0 Å². The predicted octanol–water partition coefficient (Wildman–Crippen LogP) is 2.70. The van der Waals surface area contributed by atoms with E-state index in [1.54, 1.807) is 6.08 Å². The largest absolute Gasteiger partial charge is 0.458 e. The zero-order valence-corrected chi connectivity index (χ0v) is 23.1.